The van der Waals surface area contributed by atoms with E-state index in [0.717, 1.165) is 21.3 Å². The molecule has 1 N–H and O–H groups in total. The number of carbonyl (C=O) groups is 1. The zero-order valence-corrected chi connectivity index (χ0v) is 18.7. The zero-order chi connectivity index (χ0) is 21.4. The molecule has 0 fully saturated rings. The van der Waals surface area contributed by atoms with Gasteiger partial charge in [-0.1, -0.05) is 70.5 Å². The Morgan fingerprint density at radius 2 is 1.57 bits per heavy atom. The smallest absolute Gasteiger partial charge is 0.235 e. The maximum atomic E-state index is 12.3. The summed E-state index contributed by atoms with van der Waals surface area (Å²) < 4.78 is 31.1. The Bertz CT molecular complexity index is 1080. The Morgan fingerprint density at radius 1 is 0.867 bits per heavy atom. The minimum absolute atomic E-state index is 0.171. The first kappa shape index (κ1) is 22.1. The Morgan fingerprint density at radius 3 is 2.27 bits per heavy atom. The van der Waals surface area contributed by atoms with Crippen molar-refractivity contribution in [1.29, 1.82) is 0 Å². The fourth-order valence-electron chi connectivity index (χ4n) is 2.82. The summed E-state index contributed by atoms with van der Waals surface area (Å²) in [5, 5.41) is 2.67. The number of amides is 1. The molecule has 30 heavy (non-hydrogen) atoms. The molecule has 7 heteroatoms. The number of hydrogen-bond donors (Lipinski definition) is 1. The summed E-state index contributed by atoms with van der Waals surface area (Å²) in [7, 11) is -3.54. The van der Waals surface area contributed by atoms with Crippen LogP contribution in [0.3, 0.4) is 0 Å². The molecule has 3 rings (SSSR count). The van der Waals surface area contributed by atoms with Crippen molar-refractivity contribution in [3.05, 3.63) is 100 Å². The van der Waals surface area contributed by atoms with Crippen molar-refractivity contribution in [3.8, 4) is 5.75 Å². The van der Waals surface area contributed by atoms with Crippen LogP contribution in [0.2, 0.25) is 0 Å². The van der Waals surface area contributed by atoms with E-state index in [-0.39, 0.29) is 12.3 Å². The number of carbonyl (C=O) groups excluding carboxylic acids is 1. The maximum Gasteiger partial charge on any atom is 0.235 e. The third-order valence-electron chi connectivity index (χ3n) is 4.29. The molecule has 3 aromatic carbocycles. The van der Waals surface area contributed by atoms with Gasteiger partial charge in [-0.15, -0.1) is 0 Å². The van der Waals surface area contributed by atoms with Crippen LogP contribution in [0, 0.1) is 0 Å². The first-order valence-electron chi connectivity index (χ1n) is 9.37. The van der Waals surface area contributed by atoms with Crippen LogP contribution >= 0.6 is 15.9 Å². The van der Waals surface area contributed by atoms with E-state index < -0.39 is 21.5 Å². The number of ether oxygens (including phenoxy) is 1. The van der Waals surface area contributed by atoms with Crippen molar-refractivity contribution in [2.24, 2.45) is 0 Å². The molecule has 0 aliphatic heterocycles. The minimum Gasteiger partial charge on any atom is -0.489 e. The molecule has 5 nitrogen and oxygen atoms in total. The van der Waals surface area contributed by atoms with E-state index in [4.69, 9.17) is 4.74 Å². The molecule has 0 heterocycles. The van der Waals surface area contributed by atoms with Gasteiger partial charge < -0.3 is 10.1 Å². The van der Waals surface area contributed by atoms with Gasteiger partial charge in [-0.25, -0.2) is 8.42 Å². The van der Waals surface area contributed by atoms with Crippen LogP contribution in [0.15, 0.2) is 83.3 Å². The van der Waals surface area contributed by atoms with E-state index in [2.05, 4.69) is 21.2 Å². The van der Waals surface area contributed by atoms with E-state index in [0.29, 0.717) is 12.2 Å². The van der Waals surface area contributed by atoms with Crippen molar-refractivity contribution in [2.75, 3.05) is 5.75 Å². The van der Waals surface area contributed by atoms with Crippen molar-refractivity contribution >= 4 is 31.7 Å². The van der Waals surface area contributed by atoms with E-state index in [1.165, 1.54) is 0 Å². The van der Waals surface area contributed by atoms with E-state index in [1.54, 1.807) is 18.2 Å². The molecule has 0 radical (unpaired) electrons. The van der Waals surface area contributed by atoms with Gasteiger partial charge in [0.05, 0.1) is 5.75 Å². The number of para-hydroxylation sites is 1. The normalized spacial score (nSPS) is 11.1. The van der Waals surface area contributed by atoms with E-state index in [9.17, 15) is 13.2 Å². The van der Waals surface area contributed by atoms with Crippen LogP contribution < -0.4 is 10.1 Å². The van der Waals surface area contributed by atoms with Gasteiger partial charge in [0.15, 0.2) is 9.84 Å². The standard InChI is InChI=1S/C23H22BrNO4S/c24-21-6-4-5-20(13-21)16-30(27,28)17-23(26)25-14-18-9-11-19(12-10-18)15-29-22-7-2-1-3-8-22/h1-13H,14-17H2,(H,25,26). The van der Waals surface area contributed by atoms with Gasteiger partial charge in [-0.05, 0) is 41.0 Å². The number of rotatable bonds is 9. The lowest BCUT2D eigenvalue weighted by Gasteiger charge is -2.09. The van der Waals surface area contributed by atoms with Gasteiger partial charge in [0.2, 0.25) is 5.91 Å². The second-order valence-corrected chi connectivity index (χ2v) is 9.84. The Hall–Kier alpha value is -2.64. The lowest BCUT2D eigenvalue weighted by Crippen LogP contribution is -2.30. The average Bonchev–Trinajstić information content (AvgIpc) is 2.71. The number of benzene rings is 3. The highest BCUT2D eigenvalue weighted by Gasteiger charge is 2.17. The summed E-state index contributed by atoms with van der Waals surface area (Å²) in [5.74, 6) is -0.419. The molecule has 0 spiro atoms. The fraction of sp³-hybridized carbons (Fsp3) is 0.174. The minimum atomic E-state index is -3.54. The summed E-state index contributed by atoms with van der Waals surface area (Å²) in [5.41, 5.74) is 2.53. The van der Waals surface area contributed by atoms with Gasteiger partial charge in [-0.2, -0.15) is 0 Å². The highest BCUT2D eigenvalue weighted by molar-refractivity contribution is 9.10. The van der Waals surface area contributed by atoms with E-state index >= 15 is 0 Å². The molecule has 0 saturated heterocycles. The lowest BCUT2D eigenvalue weighted by molar-refractivity contribution is -0.118. The predicted octanol–water partition coefficient (Wildman–Crippen LogP) is 4.26. The van der Waals surface area contributed by atoms with Crippen LogP contribution in [0.5, 0.6) is 5.75 Å². The molecular formula is C23H22BrNO4S. The Kier molecular flexibility index (Phi) is 7.65. The first-order chi connectivity index (χ1) is 14.4. The molecule has 0 atom stereocenters. The molecule has 0 saturated carbocycles. The lowest BCUT2D eigenvalue weighted by atomic mass is 10.1. The zero-order valence-electron chi connectivity index (χ0n) is 16.3. The third-order valence-corrected chi connectivity index (χ3v) is 6.26. The van der Waals surface area contributed by atoms with Gasteiger partial charge in [0.1, 0.15) is 18.1 Å². The van der Waals surface area contributed by atoms with Crippen molar-refractivity contribution < 1.29 is 17.9 Å². The number of hydrogen-bond acceptors (Lipinski definition) is 4. The molecule has 0 aromatic heterocycles. The van der Waals surface area contributed by atoms with Crippen LogP contribution in [-0.2, 0) is 33.5 Å². The van der Waals surface area contributed by atoms with Crippen LogP contribution in [-0.4, -0.2) is 20.1 Å². The Balaban J connectivity index is 1.46. The summed E-state index contributed by atoms with van der Waals surface area (Å²) in [6, 6.07) is 24.2. The van der Waals surface area contributed by atoms with Gasteiger partial charge in [0.25, 0.3) is 0 Å². The first-order valence-corrected chi connectivity index (χ1v) is 12.0. The summed E-state index contributed by atoms with van der Waals surface area (Å²) in [6.45, 7) is 0.718. The highest BCUT2D eigenvalue weighted by atomic mass is 79.9. The van der Waals surface area contributed by atoms with Crippen LogP contribution in [0.25, 0.3) is 0 Å². The third kappa shape index (κ3) is 7.31. The molecule has 0 aliphatic carbocycles. The number of sulfone groups is 1. The summed E-state index contributed by atoms with van der Waals surface area (Å²) in [4.78, 5) is 12.1. The number of nitrogens with one attached hydrogen (secondary N) is 1. The van der Waals surface area contributed by atoms with Crippen molar-refractivity contribution in [3.63, 3.8) is 0 Å². The van der Waals surface area contributed by atoms with Crippen LogP contribution in [0.4, 0.5) is 0 Å². The molecule has 1 amide bonds. The topological polar surface area (TPSA) is 72.5 Å². The second-order valence-electron chi connectivity index (χ2n) is 6.86. The quantitative estimate of drug-likeness (QED) is 0.489. The van der Waals surface area contributed by atoms with Gasteiger partial charge >= 0.3 is 0 Å². The van der Waals surface area contributed by atoms with Crippen molar-refractivity contribution in [1.82, 2.24) is 5.32 Å². The predicted molar refractivity (Wildman–Crippen MR) is 121 cm³/mol. The van der Waals surface area contributed by atoms with Gasteiger partial charge in [0, 0.05) is 11.0 Å². The fourth-order valence-corrected chi connectivity index (χ4v) is 4.56. The summed E-state index contributed by atoms with van der Waals surface area (Å²) in [6.07, 6.45) is 0. The largest absolute Gasteiger partial charge is 0.489 e. The van der Waals surface area contributed by atoms with Crippen molar-refractivity contribution in [2.45, 2.75) is 18.9 Å². The SMILES string of the molecule is O=C(CS(=O)(=O)Cc1cccc(Br)c1)NCc1ccc(COc2ccccc2)cc1. The Labute approximate surface area is 185 Å². The van der Waals surface area contributed by atoms with E-state index in [1.807, 2.05) is 60.7 Å². The van der Waals surface area contributed by atoms with Crippen LogP contribution in [0.1, 0.15) is 16.7 Å². The molecule has 156 valence electrons. The molecular weight excluding hydrogens is 466 g/mol. The molecule has 3 aromatic rings. The average molecular weight is 488 g/mol. The maximum absolute atomic E-state index is 12.3. The second kappa shape index (κ2) is 10.4. The highest BCUT2D eigenvalue weighted by Crippen LogP contribution is 2.15. The molecule has 0 bridgehead atoms. The van der Waals surface area contributed by atoms with Gasteiger partial charge in [-0.3, -0.25) is 4.79 Å². The molecule has 0 unspecified atom stereocenters. The molecule has 0 aliphatic rings. The number of halogens is 1. The monoisotopic (exact) mass is 487 g/mol. The summed E-state index contributed by atoms with van der Waals surface area (Å²) >= 11 is 3.32.